The summed E-state index contributed by atoms with van der Waals surface area (Å²) in [7, 11) is 1.82. The molecule has 0 amide bonds. The molecule has 9 nitrogen and oxygen atoms in total. The number of anilines is 1. The first-order valence-electron chi connectivity index (χ1n) is 7.77. The first kappa shape index (κ1) is 17.2. The molecule has 0 aromatic carbocycles. The molecule has 3 aromatic rings. The van der Waals surface area contributed by atoms with Crippen LogP contribution in [-0.4, -0.2) is 35.4 Å². The van der Waals surface area contributed by atoms with E-state index in [9.17, 15) is 10.1 Å². The zero-order valence-corrected chi connectivity index (χ0v) is 14.6. The average Bonchev–Trinajstić information content (AvgIpc) is 3.10. The molecular weight excluding hydrogens is 334 g/mol. The van der Waals surface area contributed by atoms with Crippen LogP contribution < -0.4 is 5.73 Å². The van der Waals surface area contributed by atoms with Crippen LogP contribution in [-0.2, 0) is 18.4 Å². The fourth-order valence-corrected chi connectivity index (χ4v) is 2.98. The molecule has 3 aromatic heterocycles. The number of aryl methyl sites for hydroxylation is 2. The number of carbonyl (C=O) groups is 1. The standard InChI is InChI=1S/C17H17N7O2/c1-9-16(10(2)24(22-9)7-15(25)26)13-4-11(12(5-18)17(19)21-13)14-6-20-8-23(14)3/h4,6,8H,7H2,1-3H3,(H2,19,21)(H,25,26). The second-order valence-electron chi connectivity index (χ2n) is 5.91. The molecule has 0 fully saturated rings. The maximum absolute atomic E-state index is 11.0. The Labute approximate surface area is 149 Å². The van der Waals surface area contributed by atoms with Crippen LogP contribution in [0.25, 0.3) is 22.5 Å². The number of hydrogen-bond acceptors (Lipinski definition) is 6. The van der Waals surface area contributed by atoms with E-state index in [4.69, 9.17) is 10.8 Å². The van der Waals surface area contributed by atoms with Gasteiger partial charge in [0, 0.05) is 23.9 Å². The maximum atomic E-state index is 11.0. The molecule has 0 spiro atoms. The van der Waals surface area contributed by atoms with Crippen LogP contribution in [0.2, 0.25) is 0 Å². The number of aromatic nitrogens is 5. The monoisotopic (exact) mass is 351 g/mol. The normalized spacial score (nSPS) is 10.7. The summed E-state index contributed by atoms with van der Waals surface area (Å²) in [6, 6.07) is 3.85. The van der Waals surface area contributed by atoms with Gasteiger partial charge in [0.25, 0.3) is 0 Å². The third-order valence-corrected chi connectivity index (χ3v) is 4.17. The van der Waals surface area contributed by atoms with Gasteiger partial charge in [0.15, 0.2) is 0 Å². The van der Waals surface area contributed by atoms with Gasteiger partial charge < -0.3 is 15.4 Å². The van der Waals surface area contributed by atoms with Gasteiger partial charge in [0.05, 0.1) is 29.6 Å². The minimum Gasteiger partial charge on any atom is -0.480 e. The minimum absolute atomic E-state index is 0.103. The van der Waals surface area contributed by atoms with Crippen LogP contribution in [0.5, 0.6) is 0 Å². The van der Waals surface area contributed by atoms with Crippen LogP contribution in [0.15, 0.2) is 18.6 Å². The fraction of sp³-hybridized carbons (Fsp3) is 0.235. The number of nitrogen functional groups attached to an aromatic ring is 1. The third-order valence-electron chi connectivity index (χ3n) is 4.17. The van der Waals surface area contributed by atoms with Crippen molar-refractivity contribution in [2.45, 2.75) is 20.4 Å². The van der Waals surface area contributed by atoms with Gasteiger partial charge in [-0.3, -0.25) is 9.48 Å². The van der Waals surface area contributed by atoms with Crippen molar-refractivity contribution < 1.29 is 9.90 Å². The number of pyridine rings is 1. The highest BCUT2D eigenvalue weighted by atomic mass is 16.4. The van der Waals surface area contributed by atoms with Crippen molar-refractivity contribution in [1.82, 2.24) is 24.3 Å². The number of carboxylic acids is 1. The van der Waals surface area contributed by atoms with Crippen LogP contribution in [0.3, 0.4) is 0 Å². The fourth-order valence-electron chi connectivity index (χ4n) is 2.98. The maximum Gasteiger partial charge on any atom is 0.325 e. The SMILES string of the molecule is Cc1nn(CC(=O)O)c(C)c1-c1cc(-c2cncn2C)c(C#N)c(N)n1. The van der Waals surface area contributed by atoms with E-state index in [2.05, 4.69) is 21.1 Å². The van der Waals surface area contributed by atoms with Crippen molar-refractivity contribution in [3.05, 3.63) is 35.5 Å². The van der Waals surface area contributed by atoms with Gasteiger partial charge in [0.2, 0.25) is 0 Å². The lowest BCUT2D eigenvalue weighted by Gasteiger charge is -2.11. The molecule has 0 aliphatic carbocycles. The first-order chi connectivity index (χ1) is 12.3. The molecule has 0 atom stereocenters. The number of rotatable bonds is 4. The number of nitrogens with two attached hydrogens (primary N) is 1. The summed E-state index contributed by atoms with van der Waals surface area (Å²) >= 11 is 0. The molecule has 3 rings (SSSR count). The van der Waals surface area contributed by atoms with Crippen LogP contribution >= 0.6 is 0 Å². The van der Waals surface area contributed by atoms with Crippen molar-refractivity contribution in [1.29, 1.82) is 5.26 Å². The molecule has 132 valence electrons. The van der Waals surface area contributed by atoms with E-state index in [0.717, 1.165) is 5.69 Å². The quantitative estimate of drug-likeness (QED) is 0.727. The van der Waals surface area contributed by atoms with E-state index in [1.54, 1.807) is 37.0 Å². The summed E-state index contributed by atoms with van der Waals surface area (Å²) < 4.78 is 3.19. The molecule has 26 heavy (non-hydrogen) atoms. The largest absolute Gasteiger partial charge is 0.480 e. The van der Waals surface area contributed by atoms with Crippen molar-refractivity contribution in [3.63, 3.8) is 0 Å². The lowest BCUT2D eigenvalue weighted by atomic mass is 10.0. The predicted molar refractivity (Wildman–Crippen MR) is 93.9 cm³/mol. The van der Waals surface area contributed by atoms with Gasteiger partial charge in [-0.1, -0.05) is 0 Å². The minimum atomic E-state index is -0.981. The summed E-state index contributed by atoms with van der Waals surface area (Å²) in [4.78, 5) is 19.5. The summed E-state index contributed by atoms with van der Waals surface area (Å²) in [5.41, 5.74) is 10.2. The molecule has 0 saturated heterocycles. The van der Waals surface area contributed by atoms with Gasteiger partial charge >= 0.3 is 5.97 Å². The molecular formula is C17H17N7O2. The van der Waals surface area contributed by atoms with E-state index < -0.39 is 5.97 Å². The van der Waals surface area contributed by atoms with E-state index in [1.807, 2.05) is 7.05 Å². The summed E-state index contributed by atoms with van der Waals surface area (Å²) in [6.07, 6.45) is 3.28. The zero-order valence-electron chi connectivity index (χ0n) is 14.6. The Bertz CT molecular complexity index is 1060. The molecule has 0 aliphatic rings. The number of carboxylic acid groups (broad SMARTS) is 1. The van der Waals surface area contributed by atoms with Crippen molar-refractivity contribution in [2.24, 2.45) is 7.05 Å². The Morgan fingerprint density at radius 2 is 2.15 bits per heavy atom. The zero-order chi connectivity index (χ0) is 19.0. The number of nitriles is 1. The summed E-state index contributed by atoms with van der Waals surface area (Å²) in [5, 5.41) is 22.8. The Morgan fingerprint density at radius 3 is 2.73 bits per heavy atom. The van der Waals surface area contributed by atoms with Gasteiger partial charge in [-0.05, 0) is 19.9 Å². The molecule has 0 unspecified atom stereocenters. The molecule has 0 aliphatic heterocycles. The molecule has 0 radical (unpaired) electrons. The van der Waals surface area contributed by atoms with E-state index in [-0.39, 0.29) is 17.9 Å². The molecule has 3 heterocycles. The Hall–Kier alpha value is -3.67. The van der Waals surface area contributed by atoms with Gasteiger partial charge in [-0.15, -0.1) is 0 Å². The molecule has 3 N–H and O–H groups in total. The Balaban J connectivity index is 2.24. The van der Waals surface area contributed by atoms with E-state index in [0.29, 0.717) is 28.2 Å². The van der Waals surface area contributed by atoms with Gasteiger partial charge in [0.1, 0.15) is 24.0 Å². The van der Waals surface area contributed by atoms with E-state index >= 15 is 0 Å². The Morgan fingerprint density at radius 1 is 1.42 bits per heavy atom. The summed E-state index contributed by atoms with van der Waals surface area (Å²) in [5.74, 6) is -0.879. The molecule has 0 bridgehead atoms. The third kappa shape index (κ3) is 2.77. The lowest BCUT2D eigenvalue weighted by Crippen LogP contribution is -2.11. The highest BCUT2D eigenvalue weighted by Crippen LogP contribution is 2.33. The summed E-state index contributed by atoms with van der Waals surface area (Å²) in [6.45, 7) is 3.31. The molecule has 9 heteroatoms. The molecule has 0 saturated carbocycles. The highest BCUT2D eigenvalue weighted by molar-refractivity contribution is 5.80. The second kappa shape index (κ2) is 6.33. The van der Waals surface area contributed by atoms with Crippen molar-refractivity contribution >= 4 is 11.8 Å². The van der Waals surface area contributed by atoms with Crippen molar-refractivity contribution in [3.8, 4) is 28.6 Å². The lowest BCUT2D eigenvalue weighted by molar-refractivity contribution is -0.137. The number of hydrogen-bond donors (Lipinski definition) is 2. The highest BCUT2D eigenvalue weighted by Gasteiger charge is 2.20. The van der Waals surface area contributed by atoms with Crippen molar-refractivity contribution in [2.75, 3.05) is 5.73 Å². The van der Waals surface area contributed by atoms with Crippen LogP contribution in [0.4, 0.5) is 5.82 Å². The number of imidazole rings is 1. The number of nitrogens with zero attached hydrogens (tertiary/aromatic N) is 6. The van der Waals surface area contributed by atoms with Crippen LogP contribution in [0.1, 0.15) is 17.0 Å². The average molecular weight is 351 g/mol. The van der Waals surface area contributed by atoms with E-state index in [1.165, 1.54) is 4.68 Å². The first-order valence-corrected chi connectivity index (χ1v) is 7.77. The van der Waals surface area contributed by atoms with Gasteiger partial charge in [-0.25, -0.2) is 9.97 Å². The Kier molecular flexibility index (Phi) is 4.18. The van der Waals surface area contributed by atoms with Gasteiger partial charge in [-0.2, -0.15) is 10.4 Å². The smallest absolute Gasteiger partial charge is 0.325 e. The predicted octanol–water partition coefficient (Wildman–Crippen LogP) is 1.50. The topological polar surface area (TPSA) is 136 Å². The second-order valence-corrected chi connectivity index (χ2v) is 5.91. The number of aliphatic carboxylic acids is 1. The van der Waals surface area contributed by atoms with Crippen LogP contribution in [0, 0.1) is 25.2 Å².